The highest BCUT2D eigenvalue weighted by atomic mass is 32.2. The summed E-state index contributed by atoms with van der Waals surface area (Å²) in [4.78, 5) is 11.8. The van der Waals surface area contributed by atoms with Crippen molar-refractivity contribution in [2.45, 2.75) is 26.3 Å². The van der Waals surface area contributed by atoms with Gasteiger partial charge in [-0.3, -0.25) is 4.79 Å². The molecule has 1 aromatic carbocycles. The quantitative estimate of drug-likeness (QED) is 0.697. The van der Waals surface area contributed by atoms with Gasteiger partial charge in [-0.2, -0.15) is 13.1 Å². The molecular weight excluding hydrogens is 292 g/mol. The number of esters is 1. The minimum absolute atomic E-state index is 0.173. The van der Waals surface area contributed by atoms with E-state index in [1.807, 2.05) is 44.2 Å². The van der Waals surface area contributed by atoms with Crippen molar-refractivity contribution in [1.29, 1.82) is 0 Å². The average Bonchev–Trinajstić information content (AvgIpc) is 2.44. The van der Waals surface area contributed by atoms with E-state index in [-0.39, 0.29) is 12.3 Å². The van der Waals surface area contributed by atoms with Crippen molar-refractivity contribution in [3.63, 3.8) is 0 Å². The first-order valence-corrected chi connectivity index (χ1v) is 8.21. The van der Waals surface area contributed by atoms with Gasteiger partial charge in [-0.1, -0.05) is 44.2 Å². The maximum atomic E-state index is 11.9. The van der Waals surface area contributed by atoms with Crippen molar-refractivity contribution in [3.05, 3.63) is 35.9 Å². The number of hydrogen-bond donors (Lipinski definition) is 2. The lowest BCUT2D eigenvalue weighted by Gasteiger charge is -2.17. The third kappa shape index (κ3) is 6.70. The number of methoxy groups -OCH3 is 1. The Morgan fingerprint density at radius 3 is 2.38 bits per heavy atom. The highest BCUT2D eigenvalue weighted by molar-refractivity contribution is 7.87. The summed E-state index contributed by atoms with van der Waals surface area (Å²) in [6, 6.07) is 8.20. The molecule has 7 heteroatoms. The van der Waals surface area contributed by atoms with E-state index < -0.39 is 22.2 Å². The van der Waals surface area contributed by atoms with Crippen LogP contribution >= 0.6 is 0 Å². The lowest BCUT2D eigenvalue weighted by molar-refractivity contribution is -0.142. The summed E-state index contributed by atoms with van der Waals surface area (Å²) < 4.78 is 33.3. The fourth-order valence-corrected chi connectivity index (χ4v) is 2.86. The van der Waals surface area contributed by atoms with Crippen molar-refractivity contribution in [3.8, 4) is 0 Å². The molecule has 0 aromatic heterocycles. The van der Waals surface area contributed by atoms with Gasteiger partial charge in [0.2, 0.25) is 0 Å². The first kappa shape index (κ1) is 17.6. The zero-order valence-electron chi connectivity index (χ0n) is 12.5. The summed E-state index contributed by atoms with van der Waals surface area (Å²) in [7, 11) is -2.52. The molecular formula is C14H22N2O4S. The van der Waals surface area contributed by atoms with Crippen molar-refractivity contribution >= 4 is 16.2 Å². The molecule has 0 amide bonds. The fraction of sp³-hybridized carbons (Fsp3) is 0.500. The zero-order chi connectivity index (χ0) is 15.9. The van der Waals surface area contributed by atoms with Gasteiger partial charge in [0.15, 0.2) is 0 Å². The van der Waals surface area contributed by atoms with Gasteiger partial charge < -0.3 is 4.74 Å². The van der Waals surface area contributed by atoms with Gasteiger partial charge >= 0.3 is 5.97 Å². The molecule has 118 valence electrons. The standard InChI is InChI=1S/C14H22N2O4S/c1-11(2)10-15-21(18,19)16-13(14(17)20-3)9-12-7-5-4-6-8-12/h4-8,11,13,15-16H,9-10H2,1-3H3/t13-/m0/s1. The van der Waals surface area contributed by atoms with Gasteiger partial charge in [0.05, 0.1) is 7.11 Å². The number of carbonyl (C=O) groups is 1. The first-order valence-electron chi connectivity index (χ1n) is 6.72. The molecule has 21 heavy (non-hydrogen) atoms. The van der Waals surface area contributed by atoms with E-state index in [0.29, 0.717) is 6.54 Å². The second kappa shape index (κ2) is 8.11. The Labute approximate surface area is 126 Å². The van der Waals surface area contributed by atoms with Crippen LogP contribution in [-0.2, 0) is 26.2 Å². The van der Waals surface area contributed by atoms with E-state index in [1.54, 1.807) is 0 Å². The number of nitrogens with one attached hydrogen (secondary N) is 2. The normalized spacial score (nSPS) is 13.1. The molecule has 0 radical (unpaired) electrons. The third-order valence-electron chi connectivity index (χ3n) is 2.75. The van der Waals surface area contributed by atoms with Crippen molar-refractivity contribution in [1.82, 2.24) is 9.44 Å². The summed E-state index contributed by atoms with van der Waals surface area (Å²) in [5, 5.41) is 0. The summed E-state index contributed by atoms with van der Waals surface area (Å²) in [6.07, 6.45) is 0.232. The molecule has 0 aliphatic carbocycles. The number of carbonyl (C=O) groups excluding carboxylic acids is 1. The Morgan fingerprint density at radius 2 is 1.86 bits per heavy atom. The number of benzene rings is 1. The Hall–Kier alpha value is -1.44. The van der Waals surface area contributed by atoms with Crippen LogP contribution in [-0.4, -0.2) is 34.1 Å². The summed E-state index contributed by atoms with van der Waals surface area (Å²) in [6.45, 7) is 4.09. The molecule has 0 saturated carbocycles. The van der Waals surface area contributed by atoms with Crippen molar-refractivity contribution in [2.75, 3.05) is 13.7 Å². The van der Waals surface area contributed by atoms with Crippen LogP contribution < -0.4 is 9.44 Å². The second-order valence-electron chi connectivity index (χ2n) is 5.13. The summed E-state index contributed by atoms with van der Waals surface area (Å²) >= 11 is 0. The lowest BCUT2D eigenvalue weighted by Crippen LogP contribution is -2.48. The SMILES string of the molecule is COC(=O)[C@H](Cc1ccccc1)NS(=O)(=O)NCC(C)C. The van der Waals surface area contributed by atoms with Crippen LogP contribution in [0.3, 0.4) is 0 Å². The summed E-state index contributed by atoms with van der Waals surface area (Å²) in [5.41, 5.74) is 0.847. The Balaban J connectivity index is 2.77. The molecule has 0 aliphatic rings. The number of ether oxygens (including phenoxy) is 1. The molecule has 0 aliphatic heterocycles. The minimum atomic E-state index is -3.75. The lowest BCUT2D eigenvalue weighted by atomic mass is 10.1. The smallest absolute Gasteiger partial charge is 0.324 e. The van der Waals surface area contributed by atoms with E-state index in [4.69, 9.17) is 0 Å². The predicted molar refractivity (Wildman–Crippen MR) is 80.8 cm³/mol. The van der Waals surface area contributed by atoms with Gasteiger partial charge in [-0.15, -0.1) is 0 Å². The van der Waals surface area contributed by atoms with Gasteiger partial charge in [0.25, 0.3) is 10.2 Å². The number of hydrogen-bond acceptors (Lipinski definition) is 4. The van der Waals surface area contributed by atoms with E-state index in [2.05, 4.69) is 14.2 Å². The predicted octanol–water partition coefficient (Wildman–Crippen LogP) is 0.851. The molecule has 1 atom stereocenters. The molecule has 0 heterocycles. The average molecular weight is 314 g/mol. The topological polar surface area (TPSA) is 84.5 Å². The molecule has 2 N–H and O–H groups in total. The van der Waals surface area contributed by atoms with Gasteiger partial charge in [-0.25, -0.2) is 4.72 Å². The van der Waals surface area contributed by atoms with Crippen molar-refractivity contribution < 1.29 is 17.9 Å². The molecule has 0 fully saturated rings. The Morgan fingerprint density at radius 1 is 1.24 bits per heavy atom. The Bertz CT molecular complexity index is 543. The highest BCUT2D eigenvalue weighted by Crippen LogP contribution is 2.05. The third-order valence-corrected chi connectivity index (χ3v) is 3.89. The first-order chi connectivity index (χ1) is 9.84. The van der Waals surface area contributed by atoms with Gasteiger partial charge in [0, 0.05) is 6.54 Å². The van der Waals surface area contributed by atoms with E-state index in [0.717, 1.165) is 5.56 Å². The van der Waals surface area contributed by atoms with Gasteiger partial charge in [0.1, 0.15) is 6.04 Å². The van der Waals surface area contributed by atoms with Crippen LogP contribution in [0, 0.1) is 5.92 Å². The van der Waals surface area contributed by atoms with Crippen LogP contribution in [0.25, 0.3) is 0 Å². The molecule has 1 aromatic rings. The molecule has 0 unspecified atom stereocenters. The monoisotopic (exact) mass is 314 g/mol. The second-order valence-corrected chi connectivity index (χ2v) is 6.66. The van der Waals surface area contributed by atoms with E-state index in [1.165, 1.54) is 7.11 Å². The van der Waals surface area contributed by atoms with Gasteiger partial charge in [-0.05, 0) is 17.9 Å². The number of rotatable bonds is 8. The Kier molecular flexibility index (Phi) is 6.80. The van der Waals surface area contributed by atoms with E-state index in [9.17, 15) is 13.2 Å². The van der Waals surface area contributed by atoms with Crippen LogP contribution in [0.5, 0.6) is 0 Å². The maximum Gasteiger partial charge on any atom is 0.324 e. The highest BCUT2D eigenvalue weighted by Gasteiger charge is 2.25. The van der Waals surface area contributed by atoms with Crippen LogP contribution in [0.4, 0.5) is 0 Å². The van der Waals surface area contributed by atoms with Crippen LogP contribution in [0.15, 0.2) is 30.3 Å². The summed E-state index contributed by atoms with van der Waals surface area (Å²) in [5.74, 6) is -0.443. The minimum Gasteiger partial charge on any atom is -0.468 e. The maximum absolute atomic E-state index is 11.9. The molecule has 0 spiro atoms. The molecule has 0 saturated heterocycles. The molecule has 1 rings (SSSR count). The molecule has 0 bridgehead atoms. The van der Waals surface area contributed by atoms with Crippen LogP contribution in [0.2, 0.25) is 0 Å². The van der Waals surface area contributed by atoms with Crippen molar-refractivity contribution in [2.24, 2.45) is 5.92 Å². The fourth-order valence-electron chi connectivity index (χ4n) is 1.67. The molecule has 6 nitrogen and oxygen atoms in total. The van der Waals surface area contributed by atoms with E-state index >= 15 is 0 Å². The van der Waals surface area contributed by atoms with Crippen LogP contribution in [0.1, 0.15) is 19.4 Å². The zero-order valence-corrected chi connectivity index (χ0v) is 13.3. The largest absolute Gasteiger partial charge is 0.468 e.